The smallest absolute Gasteiger partial charge is 0.264 e. The number of benzene rings is 2. The van der Waals surface area contributed by atoms with Gasteiger partial charge in [0.15, 0.2) is 0 Å². The van der Waals surface area contributed by atoms with Gasteiger partial charge in [0.1, 0.15) is 5.82 Å². The highest BCUT2D eigenvalue weighted by Gasteiger charge is 2.24. The van der Waals surface area contributed by atoms with E-state index in [0.29, 0.717) is 12.2 Å². The number of hydrogen-bond acceptors (Lipinski definition) is 4. The quantitative estimate of drug-likeness (QED) is 0.594. The third-order valence-electron chi connectivity index (χ3n) is 4.41. The minimum Gasteiger partial charge on any atom is -0.347 e. The number of carbonyl (C=O) groups excluding carboxylic acids is 1. The summed E-state index contributed by atoms with van der Waals surface area (Å²) in [4.78, 5) is 13.5. The van der Waals surface area contributed by atoms with Crippen LogP contribution in [0.1, 0.15) is 20.8 Å². The Morgan fingerprint density at radius 3 is 2.48 bits per heavy atom. The van der Waals surface area contributed by atoms with E-state index in [1.165, 1.54) is 60.8 Å². The molecule has 152 valence electrons. The van der Waals surface area contributed by atoms with Gasteiger partial charge in [-0.3, -0.25) is 9.10 Å². The average Bonchev–Trinajstić information content (AvgIpc) is 3.11. The number of hydrogen-bond donors (Lipinski definition) is 1. The molecule has 0 fully saturated rings. The molecule has 1 aromatic heterocycles. The maximum atomic E-state index is 13.1. The molecule has 0 bridgehead atoms. The number of nitrogens with one attached hydrogen (secondary N) is 1. The largest absolute Gasteiger partial charge is 0.347 e. The zero-order valence-electron chi connectivity index (χ0n) is 15.6. The zero-order chi connectivity index (χ0) is 21.2. The fraction of sp³-hybridized carbons (Fsp3) is 0.150. The third kappa shape index (κ3) is 4.60. The van der Waals surface area contributed by atoms with Gasteiger partial charge in [-0.05, 0) is 66.4 Å². The predicted molar refractivity (Wildman–Crippen MR) is 114 cm³/mol. The SMILES string of the molecule is Cc1ccsc1CNC(=O)c1cc(S(=O)(=O)N(C)c2ccc(F)cc2)ccc1Cl. The Morgan fingerprint density at radius 2 is 1.86 bits per heavy atom. The van der Waals surface area contributed by atoms with Crippen LogP contribution in [-0.2, 0) is 16.6 Å². The Kier molecular flexibility index (Phi) is 6.26. The topological polar surface area (TPSA) is 66.5 Å². The van der Waals surface area contributed by atoms with Gasteiger partial charge in [0.2, 0.25) is 0 Å². The van der Waals surface area contributed by atoms with Crippen molar-refractivity contribution in [3.63, 3.8) is 0 Å². The number of rotatable bonds is 6. The molecule has 0 saturated heterocycles. The van der Waals surface area contributed by atoms with E-state index >= 15 is 0 Å². The molecule has 29 heavy (non-hydrogen) atoms. The first-order valence-corrected chi connectivity index (χ1v) is 11.2. The lowest BCUT2D eigenvalue weighted by atomic mass is 10.2. The van der Waals surface area contributed by atoms with Crippen LogP contribution in [0.25, 0.3) is 0 Å². The van der Waals surface area contributed by atoms with Crippen molar-refractivity contribution in [2.45, 2.75) is 18.4 Å². The van der Waals surface area contributed by atoms with E-state index in [1.54, 1.807) is 0 Å². The second-order valence-corrected chi connectivity index (χ2v) is 9.68. The highest BCUT2D eigenvalue weighted by Crippen LogP contribution is 2.26. The molecule has 3 aromatic rings. The van der Waals surface area contributed by atoms with Crippen LogP contribution >= 0.6 is 22.9 Å². The number of sulfonamides is 1. The summed E-state index contributed by atoms with van der Waals surface area (Å²) in [6, 6.07) is 11.0. The molecule has 5 nitrogen and oxygen atoms in total. The van der Waals surface area contributed by atoms with Gasteiger partial charge in [-0.15, -0.1) is 11.3 Å². The predicted octanol–water partition coefficient (Wildman–Crippen LogP) is 4.60. The standard InChI is InChI=1S/C20H18ClFN2O3S2/c1-13-9-10-28-19(13)12-23-20(25)17-11-16(7-8-18(17)21)29(26,27)24(2)15-5-3-14(22)4-6-15/h3-11H,12H2,1-2H3,(H,23,25). The molecule has 0 atom stereocenters. The van der Waals surface area contributed by atoms with Crippen LogP contribution in [0.4, 0.5) is 10.1 Å². The molecule has 0 unspecified atom stereocenters. The van der Waals surface area contributed by atoms with Crippen LogP contribution < -0.4 is 9.62 Å². The molecule has 0 aliphatic heterocycles. The molecule has 1 N–H and O–H groups in total. The minimum atomic E-state index is -3.97. The average molecular weight is 453 g/mol. The molecular weight excluding hydrogens is 435 g/mol. The summed E-state index contributed by atoms with van der Waals surface area (Å²) >= 11 is 7.66. The van der Waals surface area contributed by atoms with Crippen molar-refractivity contribution >= 4 is 44.6 Å². The molecule has 2 aromatic carbocycles. The van der Waals surface area contributed by atoms with E-state index in [9.17, 15) is 17.6 Å². The molecule has 0 aliphatic carbocycles. The molecule has 0 radical (unpaired) electrons. The Balaban J connectivity index is 1.86. The number of halogens is 2. The lowest BCUT2D eigenvalue weighted by molar-refractivity contribution is 0.0951. The Morgan fingerprint density at radius 1 is 1.17 bits per heavy atom. The molecule has 1 heterocycles. The van der Waals surface area contributed by atoms with E-state index < -0.39 is 21.7 Å². The van der Waals surface area contributed by atoms with Crippen LogP contribution in [0.5, 0.6) is 0 Å². The Hall–Kier alpha value is -2.42. The first-order valence-electron chi connectivity index (χ1n) is 8.55. The summed E-state index contributed by atoms with van der Waals surface area (Å²) in [6.45, 7) is 2.27. The summed E-state index contributed by atoms with van der Waals surface area (Å²) in [5.74, 6) is -0.935. The maximum Gasteiger partial charge on any atom is 0.264 e. The van der Waals surface area contributed by atoms with Crippen molar-refractivity contribution in [3.05, 3.63) is 80.8 Å². The van der Waals surface area contributed by atoms with Gasteiger partial charge in [0.05, 0.1) is 27.7 Å². The van der Waals surface area contributed by atoms with Crippen molar-refractivity contribution in [3.8, 4) is 0 Å². The van der Waals surface area contributed by atoms with Gasteiger partial charge >= 0.3 is 0 Å². The molecule has 1 amide bonds. The van der Waals surface area contributed by atoms with E-state index in [1.807, 2.05) is 18.4 Å². The van der Waals surface area contributed by atoms with Crippen molar-refractivity contribution in [2.75, 3.05) is 11.4 Å². The van der Waals surface area contributed by atoms with Crippen molar-refractivity contribution in [1.29, 1.82) is 0 Å². The van der Waals surface area contributed by atoms with Crippen molar-refractivity contribution < 1.29 is 17.6 Å². The van der Waals surface area contributed by atoms with Crippen molar-refractivity contribution in [2.24, 2.45) is 0 Å². The summed E-state index contributed by atoms with van der Waals surface area (Å²) < 4.78 is 40.1. The van der Waals surface area contributed by atoms with Gasteiger partial charge in [-0.2, -0.15) is 0 Å². The fourth-order valence-corrected chi connectivity index (χ4v) is 4.90. The van der Waals surface area contributed by atoms with Gasteiger partial charge in [0, 0.05) is 11.9 Å². The zero-order valence-corrected chi connectivity index (χ0v) is 18.0. The van der Waals surface area contributed by atoms with E-state index in [0.717, 1.165) is 14.7 Å². The first kappa shape index (κ1) is 21.3. The minimum absolute atomic E-state index is 0.0643. The third-order valence-corrected chi connectivity index (χ3v) is 7.54. The summed E-state index contributed by atoms with van der Waals surface area (Å²) in [7, 11) is -2.61. The van der Waals surface area contributed by atoms with Crippen LogP contribution in [0.3, 0.4) is 0 Å². The van der Waals surface area contributed by atoms with Crippen LogP contribution in [-0.4, -0.2) is 21.4 Å². The van der Waals surface area contributed by atoms with Gasteiger partial charge in [-0.1, -0.05) is 11.6 Å². The van der Waals surface area contributed by atoms with Gasteiger partial charge < -0.3 is 5.32 Å². The van der Waals surface area contributed by atoms with Crippen LogP contribution in [0.15, 0.2) is 58.8 Å². The number of carbonyl (C=O) groups is 1. The lowest BCUT2D eigenvalue weighted by Crippen LogP contribution is -2.27. The van der Waals surface area contributed by atoms with Crippen LogP contribution in [0.2, 0.25) is 5.02 Å². The molecule has 9 heteroatoms. The van der Waals surface area contributed by atoms with E-state index in [2.05, 4.69) is 5.32 Å². The Labute approximate surface area is 177 Å². The second-order valence-electron chi connectivity index (χ2n) is 6.30. The molecular formula is C20H18ClFN2O3S2. The number of nitrogens with zero attached hydrogens (tertiary/aromatic N) is 1. The van der Waals surface area contributed by atoms with E-state index in [-0.39, 0.29) is 15.5 Å². The highest BCUT2D eigenvalue weighted by atomic mass is 35.5. The second kappa shape index (κ2) is 8.52. The van der Waals surface area contributed by atoms with Gasteiger partial charge in [-0.25, -0.2) is 12.8 Å². The highest BCUT2D eigenvalue weighted by molar-refractivity contribution is 7.92. The molecule has 0 spiro atoms. The van der Waals surface area contributed by atoms with Gasteiger partial charge in [0.25, 0.3) is 15.9 Å². The van der Waals surface area contributed by atoms with E-state index in [4.69, 9.17) is 11.6 Å². The first-order chi connectivity index (χ1) is 13.7. The summed E-state index contributed by atoms with van der Waals surface area (Å²) in [5, 5.41) is 4.85. The molecule has 0 aliphatic rings. The summed E-state index contributed by atoms with van der Waals surface area (Å²) in [5.41, 5.74) is 1.42. The lowest BCUT2D eigenvalue weighted by Gasteiger charge is -2.20. The number of anilines is 1. The van der Waals surface area contributed by atoms with Crippen LogP contribution in [0, 0.1) is 12.7 Å². The van der Waals surface area contributed by atoms with Crippen molar-refractivity contribution in [1.82, 2.24) is 5.32 Å². The maximum absolute atomic E-state index is 13.1. The monoisotopic (exact) mass is 452 g/mol. The number of amides is 1. The Bertz CT molecular complexity index is 1140. The normalized spacial score (nSPS) is 11.3. The summed E-state index contributed by atoms with van der Waals surface area (Å²) in [6.07, 6.45) is 0. The number of aryl methyl sites for hydroxylation is 1. The molecule has 0 saturated carbocycles. The fourth-order valence-electron chi connectivity index (χ4n) is 2.63. The molecule has 3 rings (SSSR count). The number of thiophene rings is 1.